The third-order valence-electron chi connectivity index (χ3n) is 4.80. The van der Waals surface area contributed by atoms with Crippen molar-refractivity contribution in [1.82, 2.24) is 10.0 Å². The minimum absolute atomic E-state index is 0.119. The zero-order valence-corrected chi connectivity index (χ0v) is 18.8. The quantitative estimate of drug-likeness (QED) is 0.490. The number of hydrogen-bond acceptors (Lipinski definition) is 5. The number of hydrogen-bond donors (Lipinski definition) is 2. The minimum atomic E-state index is -3.70. The predicted octanol–water partition coefficient (Wildman–Crippen LogP) is 3.43. The number of benzene rings is 3. The lowest BCUT2D eigenvalue weighted by Gasteiger charge is -2.15. The molecule has 3 rings (SSSR count). The lowest BCUT2D eigenvalue weighted by molar-refractivity contribution is -0.123. The summed E-state index contributed by atoms with van der Waals surface area (Å²) in [7, 11) is -2.12. The van der Waals surface area contributed by atoms with E-state index in [1.54, 1.807) is 14.0 Å². The minimum Gasteiger partial charge on any atom is -0.496 e. The second kappa shape index (κ2) is 10.8. The summed E-state index contributed by atoms with van der Waals surface area (Å²) in [5, 5.41) is 2.77. The molecule has 7 nitrogen and oxygen atoms in total. The molecule has 0 spiro atoms. The topological polar surface area (TPSA) is 93.7 Å². The predicted molar refractivity (Wildman–Crippen MR) is 122 cm³/mol. The Morgan fingerprint density at radius 3 is 2.28 bits per heavy atom. The average Bonchev–Trinajstić information content (AvgIpc) is 2.82. The average molecular weight is 455 g/mol. The summed E-state index contributed by atoms with van der Waals surface area (Å²) in [6.45, 7) is 1.91. The van der Waals surface area contributed by atoms with Crippen molar-refractivity contribution in [3.8, 4) is 11.5 Å². The number of nitrogens with one attached hydrogen (secondary N) is 2. The molecular weight excluding hydrogens is 428 g/mol. The van der Waals surface area contributed by atoms with Crippen molar-refractivity contribution in [3.05, 3.63) is 90.0 Å². The smallest absolute Gasteiger partial charge is 0.258 e. The van der Waals surface area contributed by atoms with Crippen LogP contribution in [0.25, 0.3) is 0 Å². The van der Waals surface area contributed by atoms with Crippen molar-refractivity contribution in [2.24, 2.45) is 0 Å². The van der Waals surface area contributed by atoms with E-state index in [-0.39, 0.29) is 23.5 Å². The highest BCUT2D eigenvalue weighted by Gasteiger charge is 2.18. The third kappa shape index (κ3) is 6.32. The fourth-order valence-electron chi connectivity index (χ4n) is 3.07. The number of carbonyl (C=O) groups excluding carboxylic acids is 1. The molecule has 2 N–H and O–H groups in total. The van der Waals surface area contributed by atoms with Crippen LogP contribution in [-0.2, 0) is 21.4 Å². The van der Waals surface area contributed by atoms with E-state index in [9.17, 15) is 13.2 Å². The molecule has 0 saturated carbocycles. The molecule has 0 heterocycles. The van der Waals surface area contributed by atoms with Gasteiger partial charge < -0.3 is 14.8 Å². The summed E-state index contributed by atoms with van der Waals surface area (Å²) >= 11 is 0. The Hall–Kier alpha value is -3.36. The Morgan fingerprint density at radius 2 is 1.59 bits per heavy atom. The van der Waals surface area contributed by atoms with Crippen molar-refractivity contribution in [1.29, 1.82) is 0 Å². The van der Waals surface area contributed by atoms with Gasteiger partial charge in [-0.3, -0.25) is 4.79 Å². The van der Waals surface area contributed by atoms with Gasteiger partial charge in [-0.05, 0) is 42.8 Å². The highest BCUT2D eigenvalue weighted by Crippen LogP contribution is 2.20. The van der Waals surface area contributed by atoms with Crippen LogP contribution in [0, 0.1) is 0 Å². The molecular formula is C24H26N2O5S. The van der Waals surface area contributed by atoms with Crippen LogP contribution in [-0.4, -0.2) is 28.0 Å². The van der Waals surface area contributed by atoms with Crippen LogP contribution < -0.4 is 19.5 Å². The molecule has 1 atom stereocenters. The van der Waals surface area contributed by atoms with Gasteiger partial charge in [-0.25, -0.2) is 13.1 Å². The largest absolute Gasteiger partial charge is 0.496 e. The number of carbonyl (C=O) groups is 1. The molecule has 0 aliphatic rings. The normalized spacial score (nSPS) is 12.1. The molecule has 3 aromatic carbocycles. The van der Waals surface area contributed by atoms with E-state index in [1.807, 2.05) is 54.6 Å². The van der Waals surface area contributed by atoms with Crippen molar-refractivity contribution >= 4 is 15.9 Å². The Kier molecular flexibility index (Phi) is 7.86. The van der Waals surface area contributed by atoms with E-state index >= 15 is 0 Å². The maximum absolute atomic E-state index is 12.6. The van der Waals surface area contributed by atoms with Crippen molar-refractivity contribution in [2.75, 3.05) is 13.7 Å². The maximum Gasteiger partial charge on any atom is 0.258 e. The highest BCUT2D eigenvalue weighted by molar-refractivity contribution is 7.89. The van der Waals surface area contributed by atoms with Crippen molar-refractivity contribution in [2.45, 2.75) is 24.4 Å². The molecule has 3 aromatic rings. The van der Waals surface area contributed by atoms with E-state index in [0.717, 1.165) is 11.1 Å². The summed E-state index contributed by atoms with van der Waals surface area (Å²) in [5.74, 6) is 0.791. The molecule has 0 fully saturated rings. The van der Waals surface area contributed by atoms with Gasteiger partial charge in [-0.2, -0.15) is 0 Å². The van der Waals surface area contributed by atoms with Crippen molar-refractivity contribution < 1.29 is 22.7 Å². The Bertz CT molecular complexity index is 1130. The SMILES string of the molecule is COc1ccccc1CNC(=O)COc1ccc(S(=O)(=O)N[C@H](C)c2ccccc2)cc1. The van der Waals surface area contributed by atoms with E-state index in [1.165, 1.54) is 24.3 Å². The zero-order valence-electron chi connectivity index (χ0n) is 17.9. The number of rotatable bonds is 10. The second-order valence-electron chi connectivity index (χ2n) is 7.10. The van der Waals surface area contributed by atoms with E-state index in [0.29, 0.717) is 18.0 Å². The van der Waals surface area contributed by atoms with Gasteiger partial charge in [0.05, 0.1) is 12.0 Å². The van der Waals surface area contributed by atoms with Gasteiger partial charge in [0.15, 0.2) is 6.61 Å². The molecule has 0 aromatic heterocycles. The first-order chi connectivity index (χ1) is 15.4. The Morgan fingerprint density at radius 1 is 0.938 bits per heavy atom. The summed E-state index contributed by atoms with van der Waals surface area (Å²) in [4.78, 5) is 12.2. The van der Waals surface area contributed by atoms with Crippen LogP contribution in [0.4, 0.5) is 0 Å². The molecule has 0 aliphatic heterocycles. The van der Waals surface area contributed by atoms with Crippen LogP contribution in [0.15, 0.2) is 83.8 Å². The number of methoxy groups -OCH3 is 1. The Balaban J connectivity index is 1.52. The monoisotopic (exact) mass is 454 g/mol. The van der Waals surface area contributed by atoms with E-state index < -0.39 is 10.0 Å². The van der Waals surface area contributed by atoms with Crippen LogP contribution in [0.1, 0.15) is 24.1 Å². The van der Waals surface area contributed by atoms with Crippen LogP contribution in [0.5, 0.6) is 11.5 Å². The second-order valence-corrected chi connectivity index (χ2v) is 8.82. The number of ether oxygens (including phenoxy) is 2. The first-order valence-electron chi connectivity index (χ1n) is 10.1. The van der Waals surface area contributed by atoms with Gasteiger partial charge in [0, 0.05) is 18.2 Å². The summed E-state index contributed by atoms with van der Waals surface area (Å²) in [6, 6.07) is 22.3. The first kappa shape index (κ1) is 23.3. The van der Waals surface area contributed by atoms with Gasteiger partial charge in [-0.1, -0.05) is 48.5 Å². The van der Waals surface area contributed by atoms with E-state index in [2.05, 4.69) is 10.0 Å². The van der Waals surface area contributed by atoms with Crippen molar-refractivity contribution in [3.63, 3.8) is 0 Å². The molecule has 168 valence electrons. The molecule has 0 aliphatic carbocycles. The zero-order chi connectivity index (χ0) is 23.0. The molecule has 0 bridgehead atoms. The van der Waals surface area contributed by atoms with E-state index in [4.69, 9.17) is 9.47 Å². The summed E-state index contributed by atoms with van der Waals surface area (Å²) < 4.78 is 38.7. The lowest BCUT2D eigenvalue weighted by Crippen LogP contribution is -2.28. The fourth-order valence-corrected chi connectivity index (χ4v) is 4.30. The highest BCUT2D eigenvalue weighted by atomic mass is 32.2. The summed E-state index contributed by atoms with van der Waals surface area (Å²) in [6.07, 6.45) is 0. The molecule has 8 heteroatoms. The van der Waals surface area contributed by atoms with Gasteiger partial charge in [0.25, 0.3) is 5.91 Å². The molecule has 32 heavy (non-hydrogen) atoms. The molecule has 0 saturated heterocycles. The number of para-hydroxylation sites is 1. The molecule has 0 radical (unpaired) electrons. The number of sulfonamides is 1. The van der Waals surface area contributed by atoms with Crippen LogP contribution in [0.2, 0.25) is 0 Å². The Labute approximate surface area is 188 Å². The summed E-state index contributed by atoms with van der Waals surface area (Å²) in [5.41, 5.74) is 1.73. The van der Waals surface area contributed by atoms with Crippen LogP contribution in [0.3, 0.4) is 0 Å². The molecule has 1 amide bonds. The third-order valence-corrected chi connectivity index (χ3v) is 6.36. The molecule has 0 unspecified atom stereocenters. The lowest BCUT2D eigenvalue weighted by atomic mass is 10.1. The maximum atomic E-state index is 12.6. The van der Waals surface area contributed by atoms with Gasteiger partial charge in [0.1, 0.15) is 11.5 Å². The first-order valence-corrected chi connectivity index (χ1v) is 11.6. The van der Waals surface area contributed by atoms with Gasteiger partial charge in [-0.15, -0.1) is 0 Å². The van der Waals surface area contributed by atoms with Crippen LogP contribution >= 0.6 is 0 Å². The number of amides is 1. The fraction of sp³-hybridized carbons (Fsp3) is 0.208. The van der Waals surface area contributed by atoms with Gasteiger partial charge >= 0.3 is 0 Å². The standard InChI is InChI=1S/C24H26N2O5S/c1-18(19-8-4-3-5-9-19)26-32(28,29)22-14-12-21(13-15-22)31-17-24(27)25-16-20-10-6-7-11-23(20)30-2/h3-15,18,26H,16-17H2,1-2H3,(H,25,27)/t18-/m1/s1. The van der Waals surface area contributed by atoms with Gasteiger partial charge in [0.2, 0.25) is 10.0 Å².